The molecular weight excluding hydrogens is 204 g/mol. The van der Waals surface area contributed by atoms with Crippen molar-refractivity contribution in [3.63, 3.8) is 0 Å². The van der Waals surface area contributed by atoms with Crippen molar-refractivity contribution in [1.29, 1.82) is 0 Å². The van der Waals surface area contributed by atoms with Crippen molar-refractivity contribution >= 4 is 17.3 Å². The molecule has 1 saturated carbocycles. The molecule has 2 aromatic heterocycles. The third-order valence-electron chi connectivity index (χ3n) is 2.95. The Kier molecular flexibility index (Phi) is 1.97. The van der Waals surface area contributed by atoms with Crippen molar-refractivity contribution < 1.29 is 0 Å². The van der Waals surface area contributed by atoms with E-state index in [4.69, 9.17) is 5.84 Å². The average molecular weight is 218 g/mol. The molecule has 0 saturated heterocycles. The molecule has 16 heavy (non-hydrogen) atoms. The lowest BCUT2D eigenvalue weighted by Gasteiger charge is -2.08. The second-order valence-electron chi connectivity index (χ2n) is 4.24. The van der Waals surface area contributed by atoms with Crippen LogP contribution in [0, 0.1) is 5.92 Å². The maximum Gasteiger partial charge on any atom is 0.180 e. The number of nitrogens with two attached hydrogens (primary N) is 1. The molecule has 0 aliphatic heterocycles. The van der Waals surface area contributed by atoms with E-state index in [2.05, 4.69) is 27.6 Å². The molecule has 0 aromatic carbocycles. The Morgan fingerprint density at radius 1 is 1.56 bits per heavy atom. The molecular formula is C10H14N6. The summed E-state index contributed by atoms with van der Waals surface area (Å²) in [6.45, 7) is 2.21. The van der Waals surface area contributed by atoms with Crippen LogP contribution in [0.5, 0.6) is 0 Å². The lowest BCUT2D eigenvalue weighted by molar-refractivity contribution is 0.921. The highest BCUT2D eigenvalue weighted by Gasteiger charge is 2.33. The van der Waals surface area contributed by atoms with Crippen LogP contribution in [0.4, 0.5) is 11.6 Å². The molecule has 1 aliphatic carbocycles. The van der Waals surface area contributed by atoms with E-state index in [1.807, 2.05) is 16.8 Å². The Morgan fingerprint density at radius 2 is 2.38 bits per heavy atom. The standard InChI is InChI=1S/C10H14N6/c1-6-4-7(6)13-9-10-12-2-3-16(10)5-8(14-9)15-11/h2-3,5-7,15H,4,11H2,1H3,(H,13,14). The molecule has 0 spiro atoms. The van der Waals surface area contributed by atoms with Crippen LogP contribution in [-0.4, -0.2) is 20.4 Å². The third kappa shape index (κ3) is 1.47. The van der Waals surface area contributed by atoms with Crippen LogP contribution in [0.2, 0.25) is 0 Å². The molecule has 3 rings (SSSR count). The van der Waals surface area contributed by atoms with E-state index < -0.39 is 0 Å². The van der Waals surface area contributed by atoms with Crippen LogP contribution < -0.4 is 16.6 Å². The summed E-state index contributed by atoms with van der Waals surface area (Å²) in [5, 5.41) is 3.38. The molecule has 2 aromatic rings. The molecule has 1 fully saturated rings. The van der Waals surface area contributed by atoms with Gasteiger partial charge in [0, 0.05) is 18.4 Å². The fraction of sp³-hybridized carbons (Fsp3) is 0.400. The topological polar surface area (TPSA) is 80.3 Å². The van der Waals surface area contributed by atoms with Gasteiger partial charge in [0.2, 0.25) is 0 Å². The van der Waals surface area contributed by atoms with Crippen LogP contribution in [0.15, 0.2) is 18.6 Å². The zero-order valence-electron chi connectivity index (χ0n) is 9.01. The highest BCUT2D eigenvalue weighted by Crippen LogP contribution is 2.33. The number of rotatable bonds is 3. The monoisotopic (exact) mass is 218 g/mol. The number of anilines is 2. The Labute approximate surface area is 92.9 Å². The minimum absolute atomic E-state index is 0.515. The van der Waals surface area contributed by atoms with Crippen molar-refractivity contribution in [3.05, 3.63) is 18.6 Å². The van der Waals surface area contributed by atoms with E-state index in [0.717, 1.165) is 11.5 Å². The van der Waals surface area contributed by atoms with Gasteiger partial charge in [-0.1, -0.05) is 6.92 Å². The first kappa shape index (κ1) is 9.41. The number of hydrogen-bond donors (Lipinski definition) is 3. The van der Waals surface area contributed by atoms with E-state index >= 15 is 0 Å². The highest BCUT2D eigenvalue weighted by atomic mass is 15.3. The molecule has 0 radical (unpaired) electrons. The van der Waals surface area contributed by atoms with E-state index in [9.17, 15) is 0 Å². The first-order chi connectivity index (χ1) is 7.78. The van der Waals surface area contributed by atoms with Crippen LogP contribution >= 0.6 is 0 Å². The molecule has 6 nitrogen and oxygen atoms in total. The van der Waals surface area contributed by atoms with Gasteiger partial charge in [-0.3, -0.25) is 0 Å². The predicted octanol–water partition coefficient (Wildman–Crippen LogP) is 0.835. The Hall–Kier alpha value is -1.82. The van der Waals surface area contributed by atoms with E-state index in [0.29, 0.717) is 17.8 Å². The van der Waals surface area contributed by atoms with Gasteiger partial charge in [-0.25, -0.2) is 15.8 Å². The number of nitrogen functional groups attached to an aromatic ring is 1. The predicted molar refractivity (Wildman–Crippen MR) is 62.0 cm³/mol. The number of hydrogen-bond acceptors (Lipinski definition) is 5. The van der Waals surface area contributed by atoms with Crippen LogP contribution in [0.1, 0.15) is 13.3 Å². The molecule has 0 bridgehead atoms. The van der Waals surface area contributed by atoms with Crippen molar-refractivity contribution in [2.24, 2.45) is 11.8 Å². The smallest absolute Gasteiger partial charge is 0.180 e. The lowest BCUT2D eigenvalue weighted by Crippen LogP contribution is -2.13. The summed E-state index contributed by atoms with van der Waals surface area (Å²) in [6, 6.07) is 0.515. The van der Waals surface area contributed by atoms with Gasteiger partial charge in [0.1, 0.15) is 0 Å². The van der Waals surface area contributed by atoms with Gasteiger partial charge in [0.05, 0.1) is 6.20 Å². The molecule has 2 atom stereocenters. The number of aromatic nitrogens is 3. The summed E-state index contributed by atoms with van der Waals surface area (Å²) in [7, 11) is 0. The number of hydrazine groups is 1. The maximum absolute atomic E-state index is 5.38. The molecule has 2 unspecified atom stereocenters. The normalized spacial score (nSPS) is 23.4. The SMILES string of the molecule is CC1CC1Nc1nc(NN)cn2ccnc12. The summed E-state index contributed by atoms with van der Waals surface area (Å²) >= 11 is 0. The van der Waals surface area contributed by atoms with Crippen molar-refractivity contribution in [2.75, 3.05) is 10.7 Å². The Balaban J connectivity index is 2.02. The fourth-order valence-electron chi connectivity index (χ4n) is 1.80. The van der Waals surface area contributed by atoms with Crippen LogP contribution in [0.25, 0.3) is 5.65 Å². The Bertz CT molecular complexity index is 519. The van der Waals surface area contributed by atoms with Gasteiger partial charge < -0.3 is 15.1 Å². The van der Waals surface area contributed by atoms with Gasteiger partial charge in [-0.05, 0) is 12.3 Å². The van der Waals surface area contributed by atoms with E-state index in [1.54, 1.807) is 6.20 Å². The van der Waals surface area contributed by atoms with Gasteiger partial charge in [-0.15, -0.1) is 0 Å². The van der Waals surface area contributed by atoms with Crippen molar-refractivity contribution in [2.45, 2.75) is 19.4 Å². The van der Waals surface area contributed by atoms with E-state index in [-0.39, 0.29) is 0 Å². The maximum atomic E-state index is 5.38. The first-order valence-corrected chi connectivity index (χ1v) is 5.35. The summed E-state index contributed by atoms with van der Waals surface area (Å²) < 4.78 is 1.90. The summed E-state index contributed by atoms with van der Waals surface area (Å²) in [5.41, 5.74) is 3.39. The van der Waals surface area contributed by atoms with Gasteiger partial charge >= 0.3 is 0 Å². The summed E-state index contributed by atoms with van der Waals surface area (Å²) in [5.74, 6) is 7.51. The zero-order valence-corrected chi connectivity index (χ0v) is 9.01. The molecule has 1 aliphatic rings. The number of fused-ring (bicyclic) bond motifs is 1. The fourth-order valence-corrected chi connectivity index (χ4v) is 1.80. The molecule has 0 amide bonds. The number of imidazole rings is 1. The average Bonchev–Trinajstić information content (AvgIpc) is 2.81. The third-order valence-corrected chi connectivity index (χ3v) is 2.95. The molecule has 84 valence electrons. The van der Waals surface area contributed by atoms with Crippen LogP contribution in [-0.2, 0) is 0 Å². The molecule has 4 N–H and O–H groups in total. The largest absolute Gasteiger partial charge is 0.364 e. The van der Waals surface area contributed by atoms with Crippen molar-refractivity contribution in [1.82, 2.24) is 14.4 Å². The van der Waals surface area contributed by atoms with Crippen molar-refractivity contribution in [3.8, 4) is 0 Å². The van der Waals surface area contributed by atoms with Gasteiger partial charge in [0.25, 0.3) is 0 Å². The summed E-state index contributed by atoms with van der Waals surface area (Å²) in [6.07, 6.45) is 6.62. The van der Waals surface area contributed by atoms with Gasteiger partial charge in [0.15, 0.2) is 17.3 Å². The minimum Gasteiger partial charge on any atom is -0.364 e. The zero-order chi connectivity index (χ0) is 11.1. The summed E-state index contributed by atoms with van der Waals surface area (Å²) in [4.78, 5) is 8.64. The Morgan fingerprint density at radius 3 is 3.06 bits per heavy atom. The highest BCUT2D eigenvalue weighted by molar-refractivity contribution is 5.66. The van der Waals surface area contributed by atoms with Crippen LogP contribution in [0.3, 0.4) is 0 Å². The molecule has 2 heterocycles. The second kappa shape index (κ2) is 3.34. The number of nitrogens with one attached hydrogen (secondary N) is 2. The minimum atomic E-state index is 0.515. The number of nitrogens with zero attached hydrogens (tertiary/aromatic N) is 3. The quantitative estimate of drug-likeness (QED) is 0.525. The molecule has 6 heteroatoms. The second-order valence-corrected chi connectivity index (χ2v) is 4.24. The van der Waals surface area contributed by atoms with E-state index in [1.165, 1.54) is 6.42 Å². The first-order valence-electron chi connectivity index (χ1n) is 5.35. The lowest BCUT2D eigenvalue weighted by atomic mass is 10.4. The van der Waals surface area contributed by atoms with Gasteiger partial charge in [-0.2, -0.15) is 0 Å².